The third-order valence-electron chi connectivity index (χ3n) is 4.73. The molecule has 3 nitrogen and oxygen atoms in total. The molecule has 4 heteroatoms. The first kappa shape index (κ1) is 19.1. The number of aromatic amines is 1. The Morgan fingerprint density at radius 2 is 1.44 bits per heavy atom. The summed E-state index contributed by atoms with van der Waals surface area (Å²) in [6.45, 7) is 10.2. The number of benzene rings is 2. The first-order chi connectivity index (χ1) is 11.8. The van der Waals surface area contributed by atoms with Crippen molar-refractivity contribution < 1.29 is 4.74 Å². The van der Waals surface area contributed by atoms with Crippen LogP contribution in [0.5, 0.6) is 5.75 Å². The average molecular weight is 358 g/mol. The number of rotatable bonds is 1. The molecule has 0 bridgehead atoms. The van der Waals surface area contributed by atoms with E-state index in [2.05, 4.69) is 31.8 Å². The summed E-state index contributed by atoms with van der Waals surface area (Å²) in [6, 6.07) is 9.29. The molecular weight excluding hydrogens is 334 g/mol. The molecule has 3 rings (SSSR count). The fourth-order valence-electron chi connectivity index (χ4n) is 2.81. The summed E-state index contributed by atoms with van der Waals surface area (Å²) in [7, 11) is 1.63. The van der Waals surface area contributed by atoms with Gasteiger partial charge in [-0.05, 0) is 87.2 Å². The lowest BCUT2D eigenvalue weighted by Gasteiger charge is -2.12. The maximum Gasteiger partial charge on any atom is 0.251 e. The molecule has 0 aliphatic rings. The second-order valence-electron chi connectivity index (χ2n) is 6.23. The monoisotopic (exact) mass is 357 g/mol. The largest absolute Gasteiger partial charge is 0.497 e. The Balaban J connectivity index is 0.000000212. The van der Waals surface area contributed by atoms with E-state index in [1.807, 2.05) is 26.0 Å². The highest BCUT2D eigenvalue weighted by atomic mass is 35.5. The number of ether oxygens (including phenoxy) is 1. The predicted molar refractivity (Wildman–Crippen MR) is 106 cm³/mol. The molecule has 0 aliphatic carbocycles. The molecule has 0 saturated carbocycles. The quantitative estimate of drug-likeness (QED) is 0.631. The third-order valence-corrected chi connectivity index (χ3v) is 4.99. The van der Waals surface area contributed by atoms with Gasteiger partial charge < -0.3 is 9.72 Å². The van der Waals surface area contributed by atoms with Crippen LogP contribution in [0.3, 0.4) is 0 Å². The smallest absolute Gasteiger partial charge is 0.251 e. The van der Waals surface area contributed by atoms with E-state index in [-0.39, 0.29) is 5.56 Å². The zero-order chi connectivity index (χ0) is 18.7. The minimum Gasteiger partial charge on any atom is -0.497 e. The van der Waals surface area contributed by atoms with Crippen molar-refractivity contribution in [3.8, 4) is 5.75 Å². The first-order valence-electron chi connectivity index (χ1n) is 8.15. The minimum absolute atomic E-state index is 0.0210. The lowest BCUT2D eigenvalue weighted by Crippen LogP contribution is -2.12. The van der Waals surface area contributed by atoms with Crippen LogP contribution in [0.4, 0.5) is 0 Å². The molecule has 3 aromatic rings. The van der Waals surface area contributed by atoms with Crippen LogP contribution in [0, 0.1) is 34.6 Å². The van der Waals surface area contributed by atoms with Gasteiger partial charge in [-0.15, -0.1) is 0 Å². The number of hydrogen-bond acceptors (Lipinski definition) is 2. The van der Waals surface area contributed by atoms with Crippen molar-refractivity contribution in [2.75, 3.05) is 7.11 Å². The van der Waals surface area contributed by atoms with E-state index in [4.69, 9.17) is 16.3 Å². The topological polar surface area (TPSA) is 42.1 Å². The Hall–Kier alpha value is -2.26. The van der Waals surface area contributed by atoms with Crippen molar-refractivity contribution in [2.45, 2.75) is 34.6 Å². The average Bonchev–Trinajstić information content (AvgIpc) is 2.59. The minimum atomic E-state index is 0.0210. The van der Waals surface area contributed by atoms with Gasteiger partial charge in [0.15, 0.2) is 0 Å². The number of pyridine rings is 1. The molecule has 0 fully saturated rings. The highest BCUT2D eigenvalue weighted by molar-refractivity contribution is 6.30. The molecular formula is C21H24ClNO2. The van der Waals surface area contributed by atoms with Crippen LogP contribution in [-0.4, -0.2) is 12.1 Å². The fraction of sp³-hybridized carbons (Fsp3) is 0.286. The lowest BCUT2D eigenvalue weighted by atomic mass is 9.95. The zero-order valence-electron chi connectivity index (χ0n) is 15.6. The number of hydrogen-bond donors (Lipinski definition) is 1. The van der Waals surface area contributed by atoms with Gasteiger partial charge in [-0.2, -0.15) is 0 Å². The van der Waals surface area contributed by atoms with E-state index >= 15 is 0 Å². The van der Waals surface area contributed by atoms with Gasteiger partial charge in [0.1, 0.15) is 5.75 Å². The molecule has 0 amide bonds. The van der Waals surface area contributed by atoms with Gasteiger partial charge in [0.25, 0.3) is 5.56 Å². The normalized spacial score (nSPS) is 10.4. The Morgan fingerprint density at radius 1 is 0.880 bits per heavy atom. The van der Waals surface area contributed by atoms with E-state index in [1.165, 1.54) is 22.1 Å². The second-order valence-corrected chi connectivity index (χ2v) is 6.66. The molecule has 1 heterocycles. The third kappa shape index (κ3) is 4.05. The zero-order valence-corrected chi connectivity index (χ0v) is 16.3. The summed E-state index contributed by atoms with van der Waals surface area (Å²) in [4.78, 5) is 14.7. The second kappa shape index (κ2) is 7.75. The molecule has 0 unspecified atom stereocenters. The SMILES string of the molecule is COc1ccc(Cl)cc1.Cc1cc2[nH]c(=O)c(C)c(C)c2c(C)c1C. The highest BCUT2D eigenvalue weighted by Gasteiger charge is 2.10. The molecule has 132 valence electrons. The summed E-state index contributed by atoms with van der Waals surface area (Å²) >= 11 is 5.61. The molecule has 0 atom stereocenters. The van der Waals surface area contributed by atoms with Crippen molar-refractivity contribution >= 4 is 22.5 Å². The number of nitrogens with one attached hydrogen (secondary N) is 1. The number of aryl methyl sites for hydroxylation is 3. The number of aromatic nitrogens is 1. The first-order valence-corrected chi connectivity index (χ1v) is 8.53. The van der Waals surface area contributed by atoms with Crippen molar-refractivity contribution in [2.24, 2.45) is 0 Å². The summed E-state index contributed by atoms with van der Waals surface area (Å²) in [5.41, 5.74) is 6.69. The molecule has 25 heavy (non-hydrogen) atoms. The summed E-state index contributed by atoms with van der Waals surface area (Å²) in [5, 5.41) is 1.93. The lowest BCUT2D eigenvalue weighted by molar-refractivity contribution is 0.415. The van der Waals surface area contributed by atoms with Crippen LogP contribution in [0.2, 0.25) is 5.02 Å². The van der Waals surface area contributed by atoms with Gasteiger partial charge in [0.05, 0.1) is 7.11 Å². The maximum atomic E-state index is 11.7. The van der Waals surface area contributed by atoms with Crippen LogP contribution in [0.25, 0.3) is 10.9 Å². The van der Waals surface area contributed by atoms with E-state index < -0.39 is 0 Å². The van der Waals surface area contributed by atoms with Gasteiger partial charge in [-0.25, -0.2) is 0 Å². The fourth-order valence-corrected chi connectivity index (χ4v) is 2.93. The standard InChI is InChI=1S/C14H17NO.C7H7ClO/c1-7-6-12-13(9(3)8(7)2)10(4)11(5)14(16)15-12;1-9-7-4-2-6(8)3-5-7/h6H,1-5H3,(H,15,16);2-5H,1H3. The Labute approximate surface area is 153 Å². The van der Waals surface area contributed by atoms with Crippen LogP contribution in [0.1, 0.15) is 27.8 Å². The van der Waals surface area contributed by atoms with Crippen LogP contribution in [0.15, 0.2) is 35.1 Å². The van der Waals surface area contributed by atoms with E-state index in [0.29, 0.717) is 0 Å². The van der Waals surface area contributed by atoms with E-state index in [0.717, 1.165) is 27.4 Å². The molecule has 0 spiro atoms. The molecule has 0 saturated heterocycles. The van der Waals surface area contributed by atoms with Crippen molar-refractivity contribution in [3.05, 3.63) is 73.5 Å². The van der Waals surface area contributed by atoms with Gasteiger partial charge in [-0.3, -0.25) is 4.79 Å². The summed E-state index contributed by atoms with van der Waals surface area (Å²) in [6.07, 6.45) is 0. The molecule has 0 aliphatic heterocycles. The summed E-state index contributed by atoms with van der Waals surface area (Å²) < 4.78 is 4.91. The van der Waals surface area contributed by atoms with Gasteiger partial charge in [0, 0.05) is 21.5 Å². The molecule has 2 aromatic carbocycles. The number of H-pyrrole nitrogens is 1. The molecule has 0 radical (unpaired) electrons. The molecule has 1 N–H and O–H groups in total. The molecule has 1 aromatic heterocycles. The Kier molecular flexibility index (Phi) is 5.91. The predicted octanol–water partition coefficient (Wildman–Crippen LogP) is 5.42. The number of methoxy groups -OCH3 is 1. The number of halogens is 1. The van der Waals surface area contributed by atoms with Gasteiger partial charge >= 0.3 is 0 Å². The summed E-state index contributed by atoms with van der Waals surface area (Å²) in [5.74, 6) is 0.833. The Morgan fingerprint density at radius 3 is 2.00 bits per heavy atom. The number of fused-ring (bicyclic) bond motifs is 1. The van der Waals surface area contributed by atoms with Crippen molar-refractivity contribution in [3.63, 3.8) is 0 Å². The Bertz CT molecular complexity index is 957. The van der Waals surface area contributed by atoms with Crippen LogP contribution < -0.4 is 10.3 Å². The van der Waals surface area contributed by atoms with Gasteiger partial charge in [0.2, 0.25) is 0 Å². The van der Waals surface area contributed by atoms with E-state index in [9.17, 15) is 4.79 Å². The van der Waals surface area contributed by atoms with Crippen LogP contribution in [-0.2, 0) is 0 Å². The van der Waals surface area contributed by atoms with Gasteiger partial charge in [-0.1, -0.05) is 11.6 Å². The highest BCUT2D eigenvalue weighted by Crippen LogP contribution is 2.26. The maximum absolute atomic E-state index is 11.7. The van der Waals surface area contributed by atoms with Crippen molar-refractivity contribution in [1.82, 2.24) is 4.98 Å². The van der Waals surface area contributed by atoms with Crippen LogP contribution >= 0.6 is 11.6 Å². The van der Waals surface area contributed by atoms with E-state index in [1.54, 1.807) is 19.2 Å². The van der Waals surface area contributed by atoms with Crippen molar-refractivity contribution in [1.29, 1.82) is 0 Å².